The Hall–Kier alpha value is -6.17. The highest BCUT2D eigenvalue weighted by Gasteiger charge is 2.39. The van der Waals surface area contributed by atoms with Crippen LogP contribution in [0.1, 0.15) is 50.7 Å². The maximum absolute atomic E-state index is 14.4. The number of carbonyl (C=O) groups is 8. The van der Waals surface area contributed by atoms with Crippen LogP contribution in [0.4, 0.5) is 0 Å². The molecule has 0 saturated carbocycles. The van der Waals surface area contributed by atoms with Gasteiger partial charge in [-0.2, -0.15) is 11.8 Å². The number of nitrogens with one attached hydrogen (secondary N) is 7. The number of aromatic nitrogens is 1. The number of primary amides is 1. The SMILES string of the molecule is CSCC[C@@H]1NC(=O)[C@@H](CC(C)C)N2C=CC(NC(=O)[C@@H](Cc3ccccc3)NC(=O)[C@@H](Cc3c[nH]c4ccccc34)NC(=O)[C@@H](CCC(N)=O)NC(=O)CNC1=O)C2=O. The molecule has 1 unspecified atom stereocenters. The molecule has 6 atom stereocenters. The lowest BCUT2D eigenvalue weighted by atomic mass is 10.0. The van der Waals surface area contributed by atoms with Crippen molar-refractivity contribution in [3.8, 4) is 0 Å². The van der Waals surface area contributed by atoms with Crippen molar-refractivity contribution in [2.75, 3.05) is 18.6 Å². The smallest absolute Gasteiger partial charge is 0.253 e. The van der Waals surface area contributed by atoms with Gasteiger partial charge < -0.3 is 47.5 Å². The summed E-state index contributed by atoms with van der Waals surface area (Å²) in [5, 5.41) is 16.9. The fourth-order valence-electron chi connectivity index (χ4n) is 7.11. The third-order valence-corrected chi connectivity index (χ3v) is 10.9. The van der Waals surface area contributed by atoms with Crippen LogP contribution in [-0.2, 0) is 51.2 Å². The summed E-state index contributed by atoms with van der Waals surface area (Å²) >= 11 is 1.44. The van der Waals surface area contributed by atoms with Gasteiger partial charge in [0.15, 0.2) is 0 Å². The molecule has 0 aliphatic carbocycles. The fourth-order valence-corrected chi connectivity index (χ4v) is 7.58. The van der Waals surface area contributed by atoms with Gasteiger partial charge in [0.05, 0.1) is 6.54 Å². The van der Waals surface area contributed by atoms with Gasteiger partial charge >= 0.3 is 0 Å². The molecule has 17 nitrogen and oxygen atoms in total. The van der Waals surface area contributed by atoms with Crippen molar-refractivity contribution in [1.29, 1.82) is 0 Å². The van der Waals surface area contributed by atoms with Crippen molar-refractivity contribution in [2.45, 2.75) is 88.6 Å². The predicted molar refractivity (Wildman–Crippen MR) is 225 cm³/mol. The Balaban J connectivity index is 1.53. The highest BCUT2D eigenvalue weighted by atomic mass is 32.2. The van der Waals surface area contributed by atoms with Crippen LogP contribution in [0, 0.1) is 5.92 Å². The number of H-pyrrole nitrogens is 1. The monoisotopic (exact) mass is 843 g/mol. The number of hydrogen-bond acceptors (Lipinski definition) is 9. The van der Waals surface area contributed by atoms with Crippen molar-refractivity contribution in [3.63, 3.8) is 0 Å². The molecule has 320 valence electrons. The first-order chi connectivity index (χ1) is 28.7. The topological polar surface area (TPSA) is 254 Å². The van der Waals surface area contributed by atoms with Crippen LogP contribution in [0.5, 0.6) is 0 Å². The molecule has 0 spiro atoms. The van der Waals surface area contributed by atoms with Crippen molar-refractivity contribution >= 4 is 69.9 Å². The zero-order valence-corrected chi connectivity index (χ0v) is 34.6. The summed E-state index contributed by atoms with van der Waals surface area (Å²) in [6.45, 7) is 3.17. The van der Waals surface area contributed by atoms with Gasteiger partial charge in [0.25, 0.3) is 5.91 Å². The molecule has 18 heteroatoms. The lowest BCUT2D eigenvalue weighted by Gasteiger charge is -2.30. The number of carbonyl (C=O) groups excluding carboxylic acids is 8. The second-order valence-corrected chi connectivity index (χ2v) is 16.3. The van der Waals surface area contributed by atoms with E-state index in [9.17, 15) is 38.4 Å². The van der Waals surface area contributed by atoms with Crippen LogP contribution in [0.2, 0.25) is 0 Å². The minimum Gasteiger partial charge on any atom is -0.370 e. The van der Waals surface area contributed by atoms with Crippen molar-refractivity contribution < 1.29 is 38.4 Å². The summed E-state index contributed by atoms with van der Waals surface area (Å²) in [4.78, 5) is 114. The molecule has 1 saturated heterocycles. The maximum Gasteiger partial charge on any atom is 0.253 e. The van der Waals surface area contributed by atoms with Crippen LogP contribution in [0.15, 0.2) is 73.1 Å². The Labute approximate surface area is 352 Å². The summed E-state index contributed by atoms with van der Waals surface area (Å²) in [6.07, 6.45) is 6.27. The van der Waals surface area contributed by atoms with Crippen LogP contribution in [-0.4, -0.2) is 112 Å². The van der Waals surface area contributed by atoms with E-state index in [1.165, 1.54) is 28.9 Å². The van der Waals surface area contributed by atoms with Crippen LogP contribution < -0.4 is 37.6 Å². The molecule has 60 heavy (non-hydrogen) atoms. The van der Waals surface area contributed by atoms with E-state index in [2.05, 4.69) is 36.9 Å². The quantitative estimate of drug-likeness (QED) is 0.125. The molecule has 1 aromatic heterocycles. The van der Waals surface area contributed by atoms with Gasteiger partial charge in [-0.1, -0.05) is 62.4 Å². The molecule has 0 radical (unpaired) electrons. The number of rotatable bonds is 12. The number of amides is 8. The minimum atomic E-state index is -1.37. The number of aromatic amines is 1. The van der Waals surface area contributed by atoms with Gasteiger partial charge in [0.2, 0.25) is 41.4 Å². The summed E-state index contributed by atoms with van der Waals surface area (Å²) in [5.41, 5.74) is 7.56. The maximum atomic E-state index is 14.4. The van der Waals surface area contributed by atoms with E-state index >= 15 is 0 Å². The fraction of sp³-hybridized carbons (Fsp3) is 0.429. The molecule has 2 bridgehead atoms. The van der Waals surface area contributed by atoms with E-state index < -0.39 is 90.1 Å². The van der Waals surface area contributed by atoms with E-state index in [0.29, 0.717) is 16.9 Å². The lowest BCUT2D eigenvalue weighted by Crippen LogP contribution is -2.59. The van der Waals surface area contributed by atoms with Crippen LogP contribution in [0.3, 0.4) is 0 Å². The molecule has 2 aliphatic heterocycles. The lowest BCUT2D eigenvalue weighted by molar-refractivity contribution is -0.140. The highest BCUT2D eigenvalue weighted by Crippen LogP contribution is 2.21. The molecule has 1 fully saturated rings. The molecule has 5 rings (SSSR count). The Kier molecular flexibility index (Phi) is 15.9. The number of nitrogens with zero attached hydrogens (tertiary/aromatic N) is 1. The first kappa shape index (κ1) is 44.9. The van der Waals surface area contributed by atoms with Gasteiger partial charge in [-0.05, 0) is 60.5 Å². The first-order valence-corrected chi connectivity index (χ1v) is 21.3. The molecule has 9 N–H and O–H groups in total. The van der Waals surface area contributed by atoms with E-state index in [1.54, 1.807) is 36.5 Å². The normalized spacial score (nSPS) is 23.6. The second kappa shape index (κ2) is 21.2. The predicted octanol–water partition coefficient (Wildman–Crippen LogP) is 0.296. The molecule has 3 heterocycles. The number of para-hydroxylation sites is 1. The molecule has 2 aromatic carbocycles. The first-order valence-electron chi connectivity index (χ1n) is 19.9. The van der Waals surface area contributed by atoms with Crippen LogP contribution in [0.25, 0.3) is 10.9 Å². The molecular weight excluding hydrogens is 791 g/mol. The Bertz CT molecular complexity index is 2090. The Morgan fingerprint density at radius 3 is 2.10 bits per heavy atom. The molecule has 2 aliphatic rings. The number of hydrogen-bond donors (Lipinski definition) is 8. The number of fused-ring (bicyclic) bond motifs is 3. The van der Waals surface area contributed by atoms with E-state index in [4.69, 9.17) is 5.73 Å². The average molecular weight is 844 g/mol. The minimum absolute atomic E-state index is 0.00857. The molecule has 8 amide bonds. The van der Waals surface area contributed by atoms with Crippen molar-refractivity contribution in [1.82, 2.24) is 41.8 Å². The van der Waals surface area contributed by atoms with Gasteiger partial charge in [-0.3, -0.25) is 38.4 Å². The van der Waals surface area contributed by atoms with Crippen LogP contribution >= 0.6 is 11.8 Å². The largest absolute Gasteiger partial charge is 0.370 e. The Morgan fingerprint density at radius 1 is 0.767 bits per heavy atom. The highest BCUT2D eigenvalue weighted by molar-refractivity contribution is 7.98. The zero-order valence-electron chi connectivity index (χ0n) is 33.8. The van der Waals surface area contributed by atoms with E-state index in [-0.39, 0.29) is 44.4 Å². The second-order valence-electron chi connectivity index (χ2n) is 15.3. The van der Waals surface area contributed by atoms with Gasteiger partial charge in [-0.15, -0.1) is 0 Å². The summed E-state index contributed by atoms with van der Waals surface area (Å²) in [5.74, 6) is -5.26. The molecule has 3 aromatic rings. The third-order valence-electron chi connectivity index (χ3n) is 10.2. The molecular formula is C42H53N9O8S. The van der Waals surface area contributed by atoms with Gasteiger partial charge in [0.1, 0.15) is 36.3 Å². The zero-order chi connectivity index (χ0) is 43.3. The number of thioether (sulfide) groups is 1. The standard InChI is InChI=1S/C42H53N9O8S/c1-24(2)19-34-41(58)47-30(16-18-60-3)37(54)45-23-36(53)46-29(13-14-35(43)52)38(55)50-33(21-26-22-44-28-12-8-7-11-27(26)28)40(57)49-32(20-25-9-5-4-6-10-25)39(56)48-31-15-17-51(34)42(31)59/h4-12,15,17,22,24,29-34,44H,13-14,16,18-21,23H2,1-3H3,(H2,43,52)(H,45,54)(H,46,53)(H,47,58)(H,48,56)(H,49,57)(H,50,55)/t29-,30+,31?,32-,33-,34-/m1/s1. The van der Waals surface area contributed by atoms with Crippen molar-refractivity contribution in [2.24, 2.45) is 11.7 Å². The summed E-state index contributed by atoms with van der Waals surface area (Å²) in [7, 11) is 0. The van der Waals surface area contributed by atoms with Gasteiger partial charge in [-0.25, -0.2) is 0 Å². The summed E-state index contributed by atoms with van der Waals surface area (Å²) < 4.78 is 0. The third kappa shape index (κ3) is 12.2. The Morgan fingerprint density at radius 2 is 1.40 bits per heavy atom. The van der Waals surface area contributed by atoms with Crippen molar-refractivity contribution in [3.05, 3.63) is 84.2 Å². The van der Waals surface area contributed by atoms with E-state index in [1.807, 2.05) is 44.4 Å². The number of benzene rings is 2. The average Bonchev–Trinajstić information content (AvgIpc) is 3.80. The number of nitrogens with two attached hydrogens (primary N) is 1. The van der Waals surface area contributed by atoms with E-state index in [0.717, 1.165) is 10.9 Å². The van der Waals surface area contributed by atoms with Gasteiger partial charge in [0, 0.05) is 42.6 Å². The summed E-state index contributed by atoms with van der Waals surface area (Å²) in [6, 6.07) is 9.00.